The molecule has 2 aromatic carbocycles. The summed E-state index contributed by atoms with van der Waals surface area (Å²) in [5.41, 5.74) is 6.79. The van der Waals surface area contributed by atoms with Gasteiger partial charge in [0.15, 0.2) is 12.4 Å². The van der Waals surface area contributed by atoms with Gasteiger partial charge in [-0.2, -0.15) is 0 Å². The lowest BCUT2D eigenvalue weighted by Crippen LogP contribution is -2.14. The fraction of sp³-hybridized carbons (Fsp3) is 0.125. The number of rotatable bonds is 5. The van der Waals surface area contributed by atoms with Gasteiger partial charge in [-0.15, -0.1) is 0 Å². The summed E-state index contributed by atoms with van der Waals surface area (Å²) in [6.07, 6.45) is 0. The maximum absolute atomic E-state index is 12.0. The Bertz CT molecular complexity index is 667. The zero-order valence-corrected chi connectivity index (χ0v) is 11.5. The molecule has 0 unspecified atom stereocenters. The first-order valence-corrected chi connectivity index (χ1v) is 6.30. The number of carbonyl (C=O) groups excluding carboxylic acids is 2. The maximum Gasteiger partial charge on any atom is 0.338 e. The highest BCUT2D eigenvalue weighted by molar-refractivity contribution is 5.99. The van der Waals surface area contributed by atoms with Crippen LogP contribution >= 0.6 is 0 Å². The van der Waals surface area contributed by atoms with Crippen LogP contribution in [0.4, 0.5) is 5.69 Å². The van der Waals surface area contributed by atoms with Gasteiger partial charge in [-0.25, -0.2) is 4.79 Å². The average molecular weight is 285 g/mol. The van der Waals surface area contributed by atoms with E-state index in [1.807, 2.05) is 0 Å². The van der Waals surface area contributed by atoms with Crippen LogP contribution in [0.1, 0.15) is 20.7 Å². The topological polar surface area (TPSA) is 78.6 Å². The average Bonchev–Trinajstić information content (AvgIpc) is 2.52. The van der Waals surface area contributed by atoms with Gasteiger partial charge in [-0.1, -0.05) is 18.2 Å². The number of ether oxygens (including phenoxy) is 2. The van der Waals surface area contributed by atoms with E-state index in [1.54, 1.807) is 42.5 Å². The third-order valence-corrected chi connectivity index (χ3v) is 2.85. The molecule has 2 aromatic rings. The van der Waals surface area contributed by atoms with Crippen LogP contribution in [0.25, 0.3) is 0 Å². The third kappa shape index (κ3) is 3.82. The summed E-state index contributed by atoms with van der Waals surface area (Å²) in [5.74, 6) is -0.312. The molecule has 0 atom stereocenters. The van der Waals surface area contributed by atoms with Gasteiger partial charge >= 0.3 is 5.97 Å². The maximum atomic E-state index is 12.0. The number of Topliss-reactive ketones (excluding diaryl/α,β-unsaturated/α-hetero) is 1. The van der Waals surface area contributed by atoms with Gasteiger partial charge in [-0.3, -0.25) is 4.79 Å². The monoisotopic (exact) mass is 285 g/mol. The van der Waals surface area contributed by atoms with E-state index in [1.165, 1.54) is 13.2 Å². The van der Waals surface area contributed by atoms with Crippen molar-refractivity contribution in [3.63, 3.8) is 0 Å². The minimum atomic E-state index is -0.585. The molecule has 0 spiro atoms. The summed E-state index contributed by atoms with van der Waals surface area (Å²) in [4.78, 5) is 23.8. The molecule has 0 radical (unpaired) electrons. The number of hydrogen-bond acceptors (Lipinski definition) is 5. The minimum absolute atomic E-state index is 0.300. The van der Waals surface area contributed by atoms with Crippen molar-refractivity contribution in [3.05, 3.63) is 59.7 Å². The van der Waals surface area contributed by atoms with Crippen LogP contribution in [0.5, 0.6) is 5.75 Å². The summed E-state index contributed by atoms with van der Waals surface area (Å²) in [7, 11) is 1.52. The Morgan fingerprint density at radius 3 is 2.48 bits per heavy atom. The highest BCUT2D eigenvalue weighted by atomic mass is 16.5. The Balaban J connectivity index is 1.99. The van der Waals surface area contributed by atoms with E-state index in [-0.39, 0.29) is 12.4 Å². The number of anilines is 1. The predicted octanol–water partition coefficient (Wildman–Crippen LogP) is 2.32. The number of nitrogen functional groups attached to an aromatic ring is 1. The number of ketones is 1. The van der Waals surface area contributed by atoms with Crippen LogP contribution in [0.2, 0.25) is 0 Å². The molecule has 0 amide bonds. The van der Waals surface area contributed by atoms with Crippen molar-refractivity contribution in [1.29, 1.82) is 0 Å². The van der Waals surface area contributed by atoms with E-state index in [9.17, 15) is 9.59 Å². The van der Waals surface area contributed by atoms with E-state index in [4.69, 9.17) is 15.2 Å². The molecule has 0 heterocycles. The first-order chi connectivity index (χ1) is 10.1. The molecule has 0 saturated carbocycles. The first kappa shape index (κ1) is 14.6. The smallest absolute Gasteiger partial charge is 0.338 e. The molecule has 2 N–H and O–H groups in total. The number of nitrogens with two attached hydrogens (primary N) is 1. The highest BCUT2D eigenvalue weighted by Gasteiger charge is 2.12. The molecule has 0 saturated heterocycles. The van der Waals surface area contributed by atoms with Crippen LogP contribution in [-0.2, 0) is 4.74 Å². The second-order valence-electron chi connectivity index (χ2n) is 4.36. The molecule has 0 bridgehead atoms. The van der Waals surface area contributed by atoms with Gasteiger partial charge < -0.3 is 15.2 Å². The largest absolute Gasteiger partial charge is 0.497 e. The minimum Gasteiger partial charge on any atom is -0.497 e. The van der Waals surface area contributed by atoms with Gasteiger partial charge in [-0.05, 0) is 30.3 Å². The van der Waals surface area contributed by atoms with Crippen molar-refractivity contribution in [2.24, 2.45) is 0 Å². The quantitative estimate of drug-likeness (QED) is 0.518. The van der Waals surface area contributed by atoms with Crippen molar-refractivity contribution >= 4 is 17.4 Å². The zero-order valence-electron chi connectivity index (χ0n) is 11.5. The normalized spacial score (nSPS) is 9.95. The van der Waals surface area contributed by atoms with E-state index in [2.05, 4.69) is 0 Å². The predicted molar refractivity (Wildman–Crippen MR) is 78.5 cm³/mol. The second-order valence-corrected chi connectivity index (χ2v) is 4.36. The van der Waals surface area contributed by atoms with Gasteiger partial charge in [0.05, 0.1) is 12.7 Å². The van der Waals surface area contributed by atoms with E-state index in [0.717, 1.165) is 0 Å². The lowest BCUT2D eigenvalue weighted by Gasteiger charge is -2.06. The fourth-order valence-electron chi connectivity index (χ4n) is 1.76. The summed E-state index contributed by atoms with van der Waals surface area (Å²) in [5, 5.41) is 0. The molecule has 0 fully saturated rings. The highest BCUT2D eigenvalue weighted by Crippen LogP contribution is 2.13. The van der Waals surface area contributed by atoms with Crippen molar-refractivity contribution < 1.29 is 19.1 Å². The fourth-order valence-corrected chi connectivity index (χ4v) is 1.76. The Morgan fingerprint density at radius 1 is 1.05 bits per heavy atom. The van der Waals surface area contributed by atoms with Gasteiger partial charge in [0.2, 0.25) is 0 Å². The number of esters is 1. The number of methoxy groups -OCH3 is 1. The summed E-state index contributed by atoms with van der Waals surface area (Å²) in [6.45, 7) is -0.333. The molecule has 0 aliphatic heterocycles. The standard InChI is InChI=1S/C16H15NO4/c1-20-14-7-3-4-11(9-14)15(18)10-21-16(19)12-5-2-6-13(17)8-12/h2-9H,10,17H2,1H3. The SMILES string of the molecule is COc1cccc(C(=O)COC(=O)c2cccc(N)c2)c1. The third-order valence-electron chi connectivity index (χ3n) is 2.85. The molecule has 5 nitrogen and oxygen atoms in total. The molecular formula is C16H15NO4. The molecule has 108 valence electrons. The lowest BCUT2D eigenvalue weighted by molar-refractivity contribution is 0.0475. The van der Waals surface area contributed by atoms with Crippen LogP contribution in [0.15, 0.2) is 48.5 Å². The Kier molecular flexibility index (Phi) is 4.56. The van der Waals surface area contributed by atoms with Crippen molar-refractivity contribution in [3.8, 4) is 5.75 Å². The second kappa shape index (κ2) is 6.56. The Morgan fingerprint density at radius 2 is 1.76 bits per heavy atom. The molecule has 0 aliphatic rings. The van der Waals surface area contributed by atoms with Crippen molar-refractivity contribution in [2.75, 3.05) is 19.5 Å². The Hall–Kier alpha value is -2.82. The van der Waals surface area contributed by atoms with Crippen LogP contribution in [-0.4, -0.2) is 25.5 Å². The van der Waals surface area contributed by atoms with E-state index in [0.29, 0.717) is 22.6 Å². The molecule has 21 heavy (non-hydrogen) atoms. The number of benzene rings is 2. The Labute approximate surface area is 122 Å². The van der Waals surface area contributed by atoms with E-state index >= 15 is 0 Å². The van der Waals surface area contributed by atoms with E-state index < -0.39 is 5.97 Å². The van der Waals surface area contributed by atoms with Crippen molar-refractivity contribution in [2.45, 2.75) is 0 Å². The number of carbonyl (C=O) groups is 2. The van der Waals surface area contributed by atoms with Gasteiger partial charge in [0.25, 0.3) is 0 Å². The molecule has 5 heteroatoms. The number of hydrogen-bond donors (Lipinski definition) is 1. The summed E-state index contributed by atoms with van der Waals surface area (Å²) < 4.78 is 10.0. The van der Waals surface area contributed by atoms with Gasteiger partial charge in [0.1, 0.15) is 5.75 Å². The van der Waals surface area contributed by atoms with Crippen LogP contribution in [0, 0.1) is 0 Å². The zero-order chi connectivity index (χ0) is 15.2. The lowest BCUT2D eigenvalue weighted by atomic mass is 10.1. The molecule has 2 rings (SSSR count). The molecule has 0 aromatic heterocycles. The molecule has 0 aliphatic carbocycles. The van der Waals surface area contributed by atoms with Crippen molar-refractivity contribution in [1.82, 2.24) is 0 Å². The van der Waals surface area contributed by atoms with Gasteiger partial charge in [0, 0.05) is 11.3 Å². The summed E-state index contributed by atoms with van der Waals surface area (Å²) in [6, 6.07) is 13.1. The first-order valence-electron chi connectivity index (χ1n) is 6.30. The van der Waals surface area contributed by atoms with Crippen LogP contribution in [0.3, 0.4) is 0 Å². The summed E-state index contributed by atoms with van der Waals surface area (Å²) >= 11 is 0. The van der Waals surface area contributed by atoms with Crippen LogP contribution < -0.4 is 10.5 Å². The molecular weight excluding hydrogens is 270 g/mol.